The Morgan fingerprint density at radius 1 is 1.67 bits per heavy atom. The standard InChI is InChI=1S/C8H12N2OS/c1-2-10-4-3-6-7(5-10)12-8(11)9-6/h2-5H2,1H3,(H,9,11). The molecule has 0 aromatic carbocycles. The number of hydrogen-bond donors (Lipinski definition) is 1. The molecule has 0 radical (unpaired) electrons. The van der Waals surface area contributed by atoms with E-state index < -0.39 is 0 Å². The molecule has 0 saturated carbocycles. The molecule has 0 bridgehead atoms. The Morgan fingerprint density at radius 3 is 3.25 bits per heavy atom. The summed E-state index contributed by atoms with van der Waals surface area (Å²) in [5, 5.41) is 0. The molecule has 1 aromatic heterocycles. The van der Waals surface area contributed by atoms with Crippen LogP contribution in [0.1, 0.15) is 17.5 Å². The van der Waals surface area contributed by atoms with Gasteiger partial charge in [-0.05, 0) is 6.54 Å². The Kier molecular flexibility index (Phi) is 2.02. The first-order valence-electron chi connectivity index (χ1n) is 4.23. The van der Waals surface area contributed by atoms with E-state index in [1.807, 2.05) is 0 Å². The summed E-state index contributed by atoms with van der Waals surface area (Å²) in [5.41, 5.74) is 1.16. The van der Waals surface area contributed by atoms with E-state index in [0.717, 1.165) is 31.7 Å². The predicted octanol–water partition coefficient (Wildman–Crippen LogP) is 0.814. The molecule has 0 spiro atoms. The molecular weight excluding hydrogens is 172 g/mol. The molecule has 1 aromatic rings. The third kappa shape index (κ3) is 1.32. The fourth-order valence-corrected chi connectivity index (χ4v) is 2.46. The van der Waals surface area contributed by atoms with E-state index in [2.05, 4.69) is 16.8 Å². The molecule has 2 heterocycles. The Morgan fingerprint density at radius 2 is 2.50 bits per heavy atom. The van der Waals surface area contributed by atoms with Crippen molar-refractivity contribution in [1.82, 2.24) is 9.88 Å². The van der Waals surface area contributed by atoms with E-state index in [0.29, 0.717) is 0 Å². The Labute approximate surface area is 75.0 Å². The van der Waals surface area contributed by atoms with E-state index in [1.54, 1.807) is 0 Å². The summed E-state index contributed by atoms with van der Waals surface area (Å²) in [7, 11) is 0. The Bertz CT molecular complexity index is 328. The van der Waals surface area contributed by atoms with Crippen LogP contribution in [0.15, 0.2) is 4.79 Å². The van der Waals surface area contributed by atoms with Crippen LogP contribution >= 0.6 is 11.3 Å². The highest BCUT2D eigenvalue weighted by molar-refractivity contribution is 7.09. The van der Waals surface area contributed by atoms with Gasteiger partial charge in [-0.2, -0.15) is 0 Å². The van der Waals surface area contributed by atoms with Gasteiger partial charge >= 0.3 is 4.87 Å². The van der Waals surface area contributed by atoms with Crippen molar-refractivity contribution in [3.05, 3.63) is 20.2 Å². The van der Waals surface area contributed by atoms with Gasteiger partial charge in [0, 0.05) is 30.1 Å². The van der Waals surface area contributed by atoms with Crippen molar-refractivity contribution < 1.29 is 0 Å². The van der Waals surface area contributed by atoms with E-state index in [4.69, 9.17) is 0 Å². The summed E-state index contributed by atoms with van der Waals surface area (Å²) < 4.78 is 0. The van der Waals surface area contributed by atoms with E-state index in [9.17, 15) is 4.79 Å². The second-order valence-electron chi connectivity index (χ2n) is 3.04. The molecular formula is C8H12N2OS. The second-order valence-corrected chi connectivity index (χ2v) is 4.10. The monoisotopic (exact) mass is 184 g/mol. The third-order valence-electron chi connectivity index (χ3n) is 2.30. The predicted molar refractivity (Wildman–Crippen MR) is 49.6 cm³/mol. The topological polar surface area (TPSA) is 36.1 Å². The third-order valence-corrected chi connectivity index (χ3v) is 3.21. The lowest BCUT2D eigenvalue weighted by molar-refractivity contribution is 0.269. The lowest BCUT2D eigenvalue weighted by Gasteiger charge is -2.24. The maximum absolute atomic E-state index is 11.0. The van der Waals surface area contributed by atoms with Crippen molar-refractivity contribution in [2.24, 2.45) is 0 Å². The lowest BCUT2D eigenvalue weighted by Crippen LogP contribution is -2.29. The molecule has 66 valence electrons. The van der Waals surface area contributed by atoms with Crippen LogP contribution in [-0.4, -0.2) is 23.0 Å². The number of fused-ring (bicyclic) bond motifs is 1. The van der Waals surface area contributed by atoms with Crippen molar-refractivity contribution in [2.45, 2.75) is 19.9 Å². The zero-order valence-corrected chi connectivity index (χ0v) is 7.91. The Hall–Kier alpha value is -0.610. The number of aromatic nitrogens is 1. The number of nitrogens with one attached hydrogen (secondary N) is 1. The van der Waals surface area contributed by atoms with Gasteiger partial charge in [-0.3, -0.25) is 9.69 Å². The van der Waals surface area contributed by atoms with Crippen LogP contribution < -0.4 is 4.87 Å². The van der Waals surface area contributed by atoms with E-state index in [-0.39, 0.29) is 4.87 Å². The minimum atomic E-state index is 0.0953. The molecule has 12 heavy (non-hydrogen) atoms. The molecule has 1 aliphatic rings. The van der Waals surface area contributed by atoms with Crippen LogP contribution in [-0.2, 0) is 13.0 Å². The first kappa shape index (κ1) is 8.01. The summed E-state index contributed by atoms with van der Waals surface area (Å²) in [5.74, 6) is 0. The lowest BCUT2D eigenvalue weighted by atomic mass is 10.2. The van der Waals surface area contributed by atoms with Crippen LogP contribution in [0.5, 0.6) is 0 Å². The first-order chi connectivity index (χ1) is 5.79. The number of likely N-dealkylation sites (N-methyl/N-ethyl adjacent to an activating group) is 1. The number of rotatable bonds is 1. The minimum Gasteiger partial charge on any atom is -0.316 e. The molecule has 0 unspecified atom stereocenters. The molecule has 0 saturated heterocycles. The first-order valence-corrected chi connectivity index (χ1v) is 5.04. The average Bonchev–Trinajstić information content (AvgIpc) is 2.43. The van der Waals surface area contributed by atoms with Gasteiger partial charge in [0.05, 0.1) is 0 Å². The van der Waals surface area contributed by atoms with Gasteiger partial charge in [-0.1, -0.05) is 18.3 Å². The number of nitrogens with zero attached hydrogens (tertiary/aromatic N) is 1. The zero-order chi connectivity index (χ0) is 8.55. The van der Waals surface area contributed by atoms with Crippen LogP contribution in [0.2, 0.25) is 0 Å². The molecule has 0 atom stereocenters. The highest BCUT2D eigenvalue weighted by Gasteiger charge is 2.17. The molecule has 4 heteroatoms. The Balaban J connectivity index is 2.28. The molecule has 3 nitrogen and oxygen atoms in total. The average molecular weight is 184 g/mol. The van der Waals surface area contributed by atoms with Crippen LogP contribution in [0, 0.1) is 0 Å². The van der Waals surface area contributed by atoms with E-state index >= 15 is 0 Å². The van der Waals surface area contributed by atoms with Gasteiger partial charge < -0.3 is 4.98 Å². The molecule has 2 rings (SSSR count). The quantitative estimate of drug-likeness (QED) is 0.701. The van der Waals surface area contributed by atoms with Gasteiger partial charge in [-0.15, -0.1) is 0 Å². The van der Waals surface area contributed by atoms with E-state index in [1.165, 1.54) is 16.2 Å². The molecule has 1 N–H and O–H groups in total. The molecule has 1 aliphatic heterocycles. The minimum absolute atomic E-state index is 0.0953. The normalized spacial score (nSPS) is 17.8. The van der Waals surface area contributed by atoms with Crippen molar-refractivity contribution in [3.8, 4) is 0 Å². The van der Waals surface area contributed by atoms with Crippen molar-refractivity contribution in [1.29, 1.82) is 0 Å². The molecule has 0 amide bonds. The summed E-state index contributed by atoms with van der Waals surface area (Å²) in [6.45, 7) is 5.26. The molecule has 0 fully saturated rings. The number of H-pyrrole nitrogens is 1. The number of aromatic amines is 1. The van der Waals surface area contributed by atoms with Gasteiger partial charge in [-0.25, -0.2) is 0 Å². The highest BCUT2D eigenvalue weighted by atomic mass is 32.1. The SMILES string of the molecule is CCN1CCc2[nH]c(=O)sc2C1. The summed E-state index contributed by atoms with van der Waals surface area (Å²) >= 11 is 1.36. The summed E-state index contributed by atoms with van der Waals surface area (Å²) in [6, 6.07) is 0. The summed E-state index contributed by atoms with van der Waals surface area (Å²) in [6.07, 6.45) is 1.00. The van der Waals surface area contributed by atoms with Gasteiger partial charge in [0.15, 0.2) is 0 Å². The molecule has 0 aliphatic carbocycles. The van der Waals surface area contributed by atoms with Crippen molar-refractivity contribution >= 4 is 11.3 Å². The van der Waals surface area contributed by atoms with Crippen LogP contribution in [0.25, 0.3) is 0 Å². The fraction of sp³-hybridized carbons (Fsp3) is 0.625. The zero-order valence-electron chi connectivity index (χ0n) is 7.09. The van der Waals surface area contributed by atoms with Gasteiger partial charge in [0.2, 0.25) is 0 Å². The van der Waals surface area contributed by atoms with Gasteiger partial charge in [0.1, 0.15) is 0 Å². The van der Waals surface area contributed by atoms with Gasteiger partial charge in [0.25, 0.3) is 0 Å². The largest absolute Gasteiger partial charge is 0.316 e. The van der Waals surface area contributed by atoms with Crippen molar-refractivity contribution in [2.75, 3.05) is 13.1 Å². The maximum atomic E-state index is 11.0. The smallest absolute Gasteiger partial charge is 0.304 e. The number of thiazole rings is 1. The fourth-order valence-electron chi connectivity index (χ4n) is 1.54. The highest BCUT2D eigenvalue weighted by Crippen LogP contribution is 2.18. The second kappa shape index (κ2) is 3.03. The van der Waals surface area contributed by atoms with Crippen molar-refractivity contribution in [3.63, 3.8) is 0 Å². The number of hydrogen-bond acceptors (Lipinski definition) is 3. The maximum Gasteiger partial charge on any atom is 0.304 e. The summed E-state index contributed by atoms with van der Waals surface area (Å²) in [4.78, 5) is 17.6. The van der Waals surface area contributed by atoms with Crippen LogP contribution in [0.3, 0.4) is 0 Å². The van der Waals surface area contributed by atoms with Crippen LogP contribution in [0.4, 0.5) is 0 Å².